The molecule has 0 radical (unpaired) electrons. The number of carbonyl (C=O) groups excluding carboxylic acids is 1. The van der Waals surface area contributed by atoms with Gasteiger partial charge >= 0.3 is 0 Å². The Labute approximate surface area is 200 Å². The van der Waals surface area contributed by atoms with E-state index in [1.807, 2.05) is 48.7 Å². The number of aryl methyl sites for hydroxylation is 2. The first-order chi connectivity index (χ1) is 16.3. The topological polar surface area (TPSA) is 116 Å². The number of nitrogens with one attached hydrogen (secondary N) is 1. The smallest absolute Gasteiger partial charge is 0.274 e. The highest BCUT2D eigenvalue weighted by atomic mass is 32.2. The monoisotopic (exact) mass is 474 g/mol. The third-order valence-electron chi connectivity index (χ3n) is 5.23. The predicted octanol–water partition coefficient (Wildman–Crippen LogP) is 4.89. The van der Waals surface area contributed by atoms with Gasteiger partial charge < -0.3 is 5.32 Å². The van der Waals surface area contributed by atoms with Crippen LogP contribution in [0.4, 0.5) is 11.4 Å². The molecule has 34 heavy (non-hydrogen) atoms. The zero-order chi connectivity index (χ0) is 24.2. The summed E-state index contributed by atoms with van der Waals surface area (Å²) in [7, 11) is 0. The summed E-state index contributed by atoms with van der Waals surface area (Å²) >= 11 is 1.23. The van der Waals surface area contributed by atoms with Crippen molar-refractivity contribution in [3.8, 4) is 17.2 Å². The lowest BCUT2D eigenvalue weighted by molar-refractivity contribution is -0.385. The Morgan fingerprint density at radius 2 is 1.91 bits per heavy atom. The van der Waals surface area contributed by atoms with Crippen molar-refractivity contribution in [1.82, 2.24) is 19.7 Å². The fraction of sp³-hybridized carbons (Fsp3) is 0.167. The maximum Gasteiger partial charge on any atom is 0.274 e. The van der Waals surface area contributed by atoms with Crippen molar-refractivity contribution >= 4 is 29.0 Å². The quantitative estimate of drug-likeness (QED) is 0.230. The minimum absolute atomic E-state index is 0.0416. The Hall–Kier alpha value is -4.05. The predicted molar refractivity (Wildman–Crippen MR) is 131 cm³/mol. The number of nitrogens with zero attached hydrogens (tertiary/aromatic N) is 5. The van der Waals surface area contributed by atoms with E-state index in [4.69, 9.17) is 0 Å². The Morgan fingerprint density at radius 3 is 2.62 bits per heavy atom. The van der Waals surface area contributed by atoms with E-state index in [9.17, 15) is 14.9 Å². The molecular weight excluding hydrogens is 452 g/mol. The summed E-state index contributed by atoms with van der Waals surface area (Å²) in [5.74, 6) is 0.320. The van der Waals surface area contributed by atoms with E-state index in [-0.39, 0.29) is 17.3 Å². The van der Waals surface area contributed by atoms with E-state index in [1.165, 1.54) is 17.8 Å². The number of carbonyl (C=O) groups is 1. The van der Waals surface area contributed by atoms with Crippen molar-refractivity contribution in [2.45, 2.75) is 25.9 Å². The van der Waals surface area contributed by atoms with Crippen molar-refractivity contribution < 1.29 is 9.72 Å². The molecule has 9 nitrogen and oxygen atoms in total. The van der Waals surface area contributed by atoms with Crippen LogP contribution in [-0.4, -0.2) is 36.3 Å². The fourth-order valence-electron chi connectivity index (χ4n) is 3.57. The number of aromatic nitrogens is 4. The van der Waals surface area contributed by atoms with Crippen molar-refractivity contribution in [3.05, 3.63) is 87.6 Å². The van der Waals surface area contributed by atoms with E-state index in [0.717, 1.165) is 16.8 Å². The number of nitro benzene ring substituents is 1. The largest absolute Gasteiger partial charge is 0.325 e. The maximum atomic E-state index is 12.7. The lowest BCUT2D eigenvalue weighted by Gasteiger charge is -2.13. The van der Waals surface area contributed by atoms with Gasteiger partial charge in [0, 0.05) is 12.3 Å². The van der Waals surface area contributed by atoms with Gasteiger partial charge in [0.2, 0.25) is 5.91 Å². The fourth-order valence-corrected chi connectivity index (χ4v) is 4.32. The molecule has 0 unspecified atom stereocenters. The Kier molecular flexibility index (Phi) is 6.69. The SMILES string of the molecule is Cc1ccc(-n2c(SCC(=O)Nc3cccc([N+](=O)[O-])c3C)nnc2-c2ccccn2)c(C)c1. The number of nitro groups is 1. The molecule has 4 aromatic rings. The van der Waals surface area contributed by atoms with Gasteiger partial charge in [0.05, 0.1) is 27.6 Å². The lowest BCUT2D eigenvalue weighted by atomic mass is 10.1. The molecule has 172 valence electrons. The van der Waals surface area contributed by atoms with Gasteiger partial charge in [0.15, 0.2) is 11.0 Å². The van der Waals surface area contributed by atoms with Crippen LogP contribution in [0.25, 0.3) is 17.2 Å². The average Bonchev–Trinajstić information content (AvgIpc) is 3.23. The van der Waals surface area contributed by atoms with Crippen LogP contribution in [0.5, 0.6) is 0 Å². The zero-order valence-electron chi connectivity index (χ0n) is 18.8. The Bertz CT molecular complexity index is 1370. The Balaban J connectivity index is 1.61. The molecular formula is C24H22N6O3S. The molecule has 0 saturated heterocycles. The summed E-state index contributed by atoms with van der Waals surface area (Å²) < 4.78 is 1.90. The van der Waals surface area contributed by atoms with Gasteiger partial charge in [-0.1, -0.05) is 41.6 Å². The first-order valence-corrected chi connectivity index (χ1v) is 11.4. The highest BCUT2D eigenvalue weighted by molar-refractivity contribution is 7.99. The molecule has 2 aromatic carbocycles. The van der Waals surface area contributed by atoms with Gasteiger partial charge in [0.1, 0.15) is 5.69 Å². The van der Waals surface area contributed by atoms with Crippen molar-refractivity contribution in [2.75, 3.05) is 11.1 Å². The van der Waals surface area contributed by atoms with Gasteiger partial charge in [-0.25, -0.2) is 0 Å². The van der Waals surface area contributed by atoms with Gasteiger partial charge in [-0.3, -0.25) is 24.5 Å². The average molecular weight is 475 g/mol. The second-order valence-electron chi connectivity index (χ2n) is 7.69. The van der Waals surface area contributed by atoms with Gasteiger partial charge in [-0.2, -0.15) is 0 Å². The minimum Gasteiger partial charge on any atom is -0.325 e. The lowest BCUT2D eigenvalue weighted by Crippen LogP contribution is -2.15. The van der Waals surface area contributed by atoms with Crippen LogP contribution >= 0.6 is 11.8 Å². The van der Waals surface area contributed by atoms with Crippen LogP contribution in [0.15, 0.2) is 66.0 Å². The van der Waals surface area contributed by atoms with Gasteiger partial charge in [-0.05, 0) is 50.6 Å². The molecule has 1 amide bonds. The first kappa shape index (κ1) is 23.1. The van der Waals surface area contributed by atoms with Crippen molar-refractivity contribution in [3.63, 3.8) is 0 Å². The zero-order valence-corrected chi connectivity index (χ0v) is 19.7. The summed E-state index contributed by atoms with van der Waals surface area (Å²) in [4.78, 5) is 27.8. The van der Waals surface area contributed by atoms with Crippen LogP contribution in [0.2, 0.25) is 0 Å². The summed E-state index contributed by atoms with van der Waals surface area (Å²) in [6, 6.07) is 16.2. The maximum absolute atomic E-state index is 12.7. The third kappa shape index (κ3) is 4.81. The molecule has 2 aromatic heterocycles. The molecule has 2 heterocycles. The summed E-state index contributed by atoms with van der Waals surface area (Å²) in [6.45, 7) is 5.64. The molecule has 0 aliphatic rings. The molecule has 1 N–H and O–H groups in total. The van der Waals surface area contributed by atoms with Gasteiger partial charge in [0.25, 0.3) is 5.69 Å². The molecule has 0 aliphatic heterocycles. The highest BCUT2D eigenvalue weighted by Crippen LogP contribution is 2.30. The number of rotatable bonds is 7. The summed E-state index contributed by atoms with van der Waals surface area (Å²) in [6.07, 6.45) is 1.69. The first-order valence-electron chi connectivity index (χ1n) is 10.5. The standard InChI is InChI=1S/C24H22N6O3S/c1-15-10-11-20(16(2)13-15)29-23(19-7-4-5-12-25-19)27-28-24(29)34-14-22(31)26-18-8-6-9-21(17(18)3)30(32)33/h4-13H,14H2,1-3H3,(H,26,31). The third-order valence-corrected chi connectivity index (χ3v) is 6.16. The van der Waals surface area contributed by atoms with E-state index < -0.39 is 4.92 Å². The number of pyridine rings is 1. The van der Waals surface area contributed by atoms with E-state index in [0.29, 0.717) is 27.9 Å². The van der Waals surface area contributed by atoms with Gasteiger partial charge in [-0.15, -0.1) is 10.2 Å². The summed E-state index contributed by atoms with van der Waals surface area (Å²) in [5.41, 5.74) is 4.50. The molecule has 0 bridgehead atoms. The second kappa shape index (κ2) is 9.84. The molecule has 4 rings (SSSR count). The molecule has 0 spiro atoms. The normalized spacial score (nSPS) is 10.8. The number of hydrogen-bond donors (Lipinski definition) is 1. The van der Waals surface area contributed by atoms with Crippen LogP contribution in [0, 0.1) is 30.9 Å². The minimum atomic E-state index is -0.467. The van der Waals surface area contributed by atoms with Crippen molar-refractivity contribution in [1.29, 1.82) is 0 Å². The van der Waals surface area contributed by atoms with Crippen LogP contribution in [-0.2, 0) is 4.79 Å². The number of anilines is 1. The van der Waals surface area contributed by atoms with E-state index in [2.05, 4.69) is 26.6 Å². The molecule has 10 heteroatoms. The molecule has 0 saturated carbocycles. The molecule has 0 fully saturated rings. The molecule has 0 atom stereocenters. The van der Waals surface area contributed by atoms with Crippen LogP contribution in [0.3, 0.4) is 0 Å². The highest BCUT2D eigenvalue weighted by Gasteiger charge is 2.20. The molecule has 0 aliphatic carbocycles. The number of benzene rings is 2. The van der Waals surface area contributed by atoms with Crippen LogP contribution in [0.1, 0.15) is 16.7 Å². The Morgan fingerprint density at radius 1 is 1.09 bits per heavy atom. The van der Waals surface area contributed by atoms with Crippen LogP contribution < -0.4 is 5.32 Å². The number of amides is 1. The van der Waals surface area contributed by atoms with Crippen molar-refractivity contribution in [2.24, 2.45) is 0 Å². The van der Waals surface area contributed by atoms with E-state index >= 15 is 0 Å². The summed E-state index contributed by atoms with van der Waals surface area (Å²) in [5, 5.41) is 23.2. The second-order valence-corrected chi connectivity index (χ2v) is 8.63. The number of hydrogen-bond acceptors (Lipinski definition) is 7. The number of thioether (sulfide) groups is 1. The van der Waals surface area contributed by atoms with E-state index in [1.54, 1.807) is 25.3 Å².